The van der Waals surface area contributed by atoms with Gasteiger partial charge in [-0.15, -0.1) is 10.2 Å². The fourth-order valence-corrected chi connectivity index (χ4v) is 5.29. The van der Waals surface area contributed by atoms with Crippen molar-refractivity contribution in [3.63, 3.8) is 0 Å². The van der Waals surface area contributed by atoms with Crippen LogP contribution in [0.25, 0.3) is 0 Å². The van der Waals surface area contributed by atoms with Gasteiger partial charge in [-0.25, -0.2) is 23.2 Å². The molecule has 0 saturated carbocycles. The third kappa shape index (κ3) is 6.06. The predicted molar refractivity (Wildman–Crippen MR) is 145 cm³/mol. The van der Waals surface area contributed by atoms with Gasteiger partial charge in [0, 0.05) is 11.1 Å². The second kappa shape index (κ2) is 12.0. The fraction of sp³-hybridized carbons (Fsp3) is 0.0606. The number of hydrogen-bond acceptors (Lipinski definition) is 6. The average Bonchev–Trinajstić information content (AvgIpc) is 3.28. The third-order valence-corrected chi connectivity index (χ3v) is 6.82. The Kier molecular flexibility index (Phi) is 8.28. The highest BCUT2D eigenvalue weighted by Gasteiger charge is 2.62. The van der Waals surface area contributed by atoms with Gasteiger partial charge in [0.2, 0.25) is 6.04 Å². The first kappa shape index (κ1) is 28.2. The SMILES string of the molecule is OC1(c2ccccc2)C(c2ccccc2)[N+](c2ccccc2)=C(c2ccccc2)N1c1ccccc1.[O-][Cl+3]([O-])([O-])[O-]. The zero-order chi connectivity index (χ0) is 28.9. The van der Waals surface area contributed by atoms with Crippen LogP contribution in [0.15, 0.2) is 152 Å². The molecular weight excluding hydrogens is 540 g/mol. The van der Waals surface area contributed by atoms with E-state index in [1.165, 1.54) is 0 Å². The molecule has 0 aliphatic carbocycles. The largest absolute Gasteiger partial charge is 0.345 e. The van der Waals surface area contributed by atoms with Crippen molar-refractivity contribution in [1.29, 1.82) is 0 Å². The molecule has 2 unspecified atom stereocenters. The van der Waals surface area contributed by atoms with Crippen molar-refractivity contribution < 1.29 is 38.6 Å². The topological polar surface area (TPSA) is 119 Å². The highest BCUT2D eigenvalue weighted by atomic mass is 35.7. The smallest absolute Gasteiger partial charge is 0.293 e. The van der Waals surface area contributed by atoms with Gasteiger partial charge >= 0.3 is 0 Å². The van der Waals surface area contributed by atoms with E-state index in [4.69, 9.17) is 18.6 Å². The number of benzene rings is 5. The molecule has 0 fully saturated rings. The lowest BCUT2D eigenvalue weighted by Gasteiger charge is -2.33. The number of hydrogen-bond donors (Lipinski definition) is 1. The Morgan fingerprint density at radius 1 is 0.585 bits per heavy atom. The van der Waals surface area contributed by atoms with Crippen LogP contribution >= 0.6 is 0 Å². The van der Waals surface area contributed by atoms with Crippen molar-refractivity contribution in [3.8, 4) is 0 Å². The van der Waals surface area contributed by atoms with Crippen LogP contribution in [0.3, 0.4) is 0 Å². The molecule has 1 aliphatic heterocycles. The highest BCUT2D eigenvalue weighted by molar-refractivity contribution is 6.09. The third-order valence-electron chi connectivity index (χ3n) is 6.82. The molecule has 0 amide bonds. The molecule has 206 valence electrons. The Hall–Kier alpha value is -4.34. The quantitative estimate of drug-likeness (QED) is 0.326. The van der Waals surface area contributed by atoms with Crippen LogP contribution in [0.1, 0.15) is 22.7 Å². The molecule has 6 rings (SSSR count). The number of nitrogens with zero attached hydrogens (tertiary/aromatic N) is 2. The summed E-state index contributed by atoms with van der Waals surface area (Å²) in [7, 11) is -4.94. The molecule has 0 spiro atoms. The maximum absolute atomic E-state index is 13.1. The predicted octanol–water partition coefficient (Wildman–Crippen LogP) is 2.13. The number of anilines is 1. The molecule has 7 nitrogen and oxygen atoms in total. The standard InChI is InChI=1S/C33H27N2O.ClHO4/c36-33(28-20-10-3-11-21-28)31(26-16-6-1-7-17-26)34(29-22-12-4-13-23-29)32(27-18-8-2-9-19-27)35(33)30-24-14-5-15-25-30;2-1(3,4)5/h1-25,31,36H;(H,2,3,4,5)/q+1;/p-1. The summed E-state index contributed by atoms with van der Waals surface area (Å²) in [4.78, 5) is 2.10. The Morgan fingerprint density at radius 2 is 1.00 bits per heavy atom. The molecule has 0 saturated heterocycles. The summed E-state index contributed by atoms with van der Waals surface area (Å²) >= 11 is 0. The summed E-state index contributed by atoms with van der Waals surface area (Å²) in [6.07, 6.45) is 0. The van der Waals surface area contributed by atoms with Crippen molar-refractivity contribution in [2.75, 3.05) is 4.90 Å². The minimum absolute atomic E-state index is 0.418. The van der Waals surface area contributed by atoms with Crippen LogP contribution in [-0.2, 0) is 5.72 Å². The molecule has 1 N–H and O–H groups in total. The molecular formula is C33H27ClN2O5. The van der Waals surface area contributed by atoms with Crippen molar-refractivity contribution in [3.05, 3.63) is 168 Å². The van der Waals surface area contributed by atoms with E-state index in [1.807, 2.05) is 103 Å². The monoisotopic (exact) mass is 566 g/mol. The van der Waals surface area contributed by atoms with E-state index < -0.39 is 22.0 Å². The first-order valence-corrected chi connectivity index (χ1v) is 14.1. The van der Waals surface area contributed by atoms with E-state index in [0.717, 1.165) is 33.9 Å². The molecule has 1 aliphatic rings. The Morgan fingerprint density at radius 3 is 1.51 bits per heavy atom. The van der Waals surface area contributed by atoms with E-state index in [9.17, 15) is 5.11 Å². The number of amidine groups is 1. The van der Waals surface area contributed by atoms with Gasteiger partial charge in [-0.1, -0.05) is 115 Å². The van der Waals surface area contributed by atoms with E-state index in [2.05, 4.69) is 58.0 Å². The normalized spacial score (nSPS) is 18.6. The molecule has 41 heavy (non-hydrogen) atoms. The first-order valence-electron chi connectivity index (χ1n) is 12.8. The van der Waals surface area contributed by atoms with Crippen molar-refractivity contribution in [1.82, 2.24) is 0 Å². The summed E-state index contributed by atoms with van der Waals surface area (Å²) in [5, 5.41) is 13.1. The molecule has 2 atom stereocenters. The van der Waals surface area contributed by atoms with Gasteiger partial charge in [-0.2, -0.15) is 4.90 Å². The lowest BCUT2D eigenvalue weighted by atomic mass is 9.88. The lowest BCUT2D eigenvalue weighted by molar-refractivity contribution is -2.00. The fourth-order valence-electron chi connectivity index (χ4n) is 5.29. The van der Waals surface area contributed by atoms with E-state index >= 15 is 0 Å². The molecule has 8 heteroatoms. The Labute approximate surface area is 240 Å². The number of rotatable bonds is 5. The highest BCUT2D eigenvalue weighted by Crippen LogP contribution is 2.50. The maximum Gasteiger partial charge on any atom is 0.293 e. The lowest BCUT2D eigenvalue weighted by Crippen LogP contribution is -2.68. The second-order valence-corrected chi connectivity index (χ2v) is 10.1. The molecule has 1 heterocycles. The van der Waals surface area contributed by atoms with E-state index in [0.29, 0.717) is 0 Å². The summed E-state index contributed by atoms with van der Waals surface area (Å²) in [6, 6.07) is 50.7. The van der Waals surface area contributed by atoms with Crippen molar-refractivity contribution in [2.45, 2.75) is 11.8 Å². The van der Waals surface area contributed by atoms with Gasteiger partial charge in [-0.3, -0.25) is 0 Å². The zero-order valence-corrected chi connectivity index (χ0v) is 22.6. The van der Waals surface area contributed by atoms with Gasteiger partial charge in [0.1, 0.15) is 11.4 Å². The summed E-state index contributed by atoms with van der Waals surface area (Å²) in [6.45, 7) is 0. The van der Waals surface area contributed by atoms with Gasteiger partial charge in [0.05, 0.1) is 5.56 Å². The van der Waals surface area contributed by atoms with Crippen molar-refractivity contribution in [2.24, 2.45) is 0 Å². The summed E-state index contributed by atoms with van der Waals surface area (Å²) < 4.78 is 36.3. The summed E-state index contributed by atoms with van der Waals surface area (Å²) in [5.41, 5.74) is 3.41. The summed E-state index contributed by atoms with van der Waals surface area (Å²) in [5.74, 6) is 0.924. The zero-order valence-electron chi connectivity index (χ0n) is 21.9. The maximum atomic E-state index is 13.1. The van der Waals surface area contributed by atoms with Gasteiger partial charge < -0.3 is 5.11 Å². The van der Waals surface area contributed by atoms with E-state index in [1.54, 1.807) is 0 Å². The Bertz CT molecular complexity index is 1480. The van der Waals surface area contributed by atoms with Crippen LogP contribution in [-0.4, -0.2) is 15.5 Å². The van der Waals surface area contributed by atoms with Gasteiger partial charge in [0.25, 0.3) is 11.6 Å². The van der Waals surface area contributed by atoms with E-state index in [-0.39, 0.29) is 0 Å². The minimum atomic E-state index is -4.94. The molecule has 0 bridgehead atoms. The molecule has 0 radical (unpaired) electrons. The van der Waals surface area contributed by atoms with Crippen LogP contribution in [0.4, 0.5) is 11.4 Å². The number of halogens is 1. The van der Waals surface area contributed by atoms with Crippen LogP contribution in [0.5, 0.6) is 0 Å². The molecule has 5 aromatic rings. The minimum Gasteiger partial charge on any atom is -0.345 e. The Balaban J connectivity index is 0.000000623. The van der Waals surface area contributed by atoms with Gasteiger partial charge in [-0.05, 0) is 36.4 Å². The van der Waals surface area contributed by atoms with Crippen LogP contribution in [0.2, 0.25) is 0 Å². The number of aliphatic hydroxyl groups is 1. The number of para-hydroxylation sites is 2. The second-order valence-electron chi connectivity index (χ2n) is 9.35. The molecule has 0 aromatic heterocycles. The average molecular weight is 567 g/mol. The van der Waals surface area contributed by atoms with Crippen LogP contribution < -0.4 is 23.5 Å². The van der Waals surface area contributed by atoms with Gasteiger partial charge in [0.15, 0.2) is 0 Å². The van der Waals surface area contributed by atoms with Crippen molar-refractivity contribution >= 4 is 17.2 Å². The first-order chi connectivity index (χ1) is 19.8. The van der Waals surface area contributed by atoms with Crippen LogP contribution in [0, 0.1) is 10.2 Å². The molecule has 5 aromatic carbocycles.